The molecule has 1 heterocycles. The smallest absolute Gasteiger partial charge is 0.0753 e. The molecule has 3 aromatic carbocycles. The van der Waals surface area contributed by atoms with E-state index >= 15 is 0 Å². The summed E-state index contributed by atoms with van der Waals surface area (Å²) in [6.45, 7) is 13.8. The number of aromatic nitrogens is 1. The Bertz CT molecular complexity index is 1310. The SMILES string of the molecule is CC(C)(C)c1ccc2c(c1)C1(c3cc(C(C)(C)C)ccc3-2)c2ccccc2-c2ncccc21. The Morgan fingerprint density at radius 3 is 1.67 bits per heavy atom. The summed E-state index contributed by atoms with van der Waals surface area (Å²) in [6.07, 6.45) is 1.93. The lowest BCUT2D eigenvalue weighted by Gasteiger charge is -2.32. The van der Waals surface area contributed by atoms with Crippen LogP contribution in [0.3, 0.4) is 0 Å². The summed E-state index contributed by atoms with van der Waals surface area (Å²) >= 11 is 0. The van der Waals surface area contributed by atoms with Gasteiger partial charge in [0.25, 0.3) is 0 Å². The van der Waals surface area contributed by atoms with Crippen LogP contribution in [0.4, 0.5) is 0 Å². The van der Waals surface area contributed by atoms with Crippen LogP contribution in [-0.4, -0.2) is 4.98 Å². The van der Waals surface area contributed by atoms with Gasteiger partial charge in [-0.3, -0.25) is 4.98 Å². The van der Waals surface area contributed by atoms with Crippen molar-refractivity contribution in [3.8, 4) is 22.4 Å². The third-order valence-electron chi connectivity index (χ3n) is 7.67. The second-order valence-electron chi connectivity index (χ2n) is 11.7. The van der Waals surface area contributed by atoms with Crippen molar-refractivity contribution in [3.63, 3.8) is 0 Å². The minimum Gasteiger partial charge on any atom is -0.256 e. The molecule has 2 aliphatic carbocycles. The molecule has 0 saturated heterocycles. The lowest BCUT2D eigenvalue weighted by Crippen LogP contribution is -2.27. The van der Waals surface area contributed by atoms with E-state index in [1.807, 2.05) is 6.20 Å². The summed E-state index contributed by atoms with van der Waals surface area (Å²) in [4.78, 5) is 4.91. The van der Waals surface area contributed by atoms with Crippen LogP contribution in [-0.2, 0) is 16.2 Å². The molecule has 0 N–H and O–H groups in total. The van der Waals surface area contributed by atoms with Crippen molar-refractivity contribution >= 4 is 0 Å². The molecule has 0 unspecified atom stereocenters. The number of pyridine rings is 1. The van der Waals surface area contributed by atoms with Crippen LogP contribution in [0.2, 0.25) is 0 Å². The van der Waals surface area contributed by atoms with Gasteiger partial charge < -0.3 is 0 Å². The van der Waals surface area contributed by atoms with E-state index in [1.165, 1.54) is 50.1 Å². The largest absolute Gasteiger partial charge is 0.256 e. The summed E-state index contributed by atoms with van der Waals surface area (Å²) in [7, 11) is 0. The first-order valence-electron chi connectivity index (χ1n) is 12.0. The first-order chi connectivity index (χ1) is 15.6. The third kappa shape index (κ3) is 2.63. The van der Waals surface area contributed by atoms with Gasteiger partial charge in [0.1, 0.15) is 0 Å². The Kier molecular flexibility index (Phi) is 3.99. The first-order valence-corrected chi connectivity index (χ1v) is 12.0. The van der Waals surface area contributed by atoms with Crippen molar-refractivity contribution in [2.24, 2.45) is 0 Å². The van der Waals surface area contributed by atoms with E-state index in [-0.39, 0.29) is 16.2 Å². The molecule has 1 nitrogen and oxygen atoms in total. The molecule has 1 heteroatoms. The van der Waals surface area contributed by atoms with Crippen LogP contribution in [0.1, 0.15) is 74.9 Å². The Morgan fingerprint density at radius 2 is 1.09 bits per heavy atom. The van der Waals surface area contributed by atoms with E-state index in [0.717, 1.165) is 5.69 Å². The summed E-state index contributed by atoms with van der Waals surface area (Å²) in [5, 5.41) is 0. The number of nitrogens with zero attached hydrogens (tertiary/aromatic N) is 1. The number of benzene rings is 3. The zero-order valence-electron chi connectivity index (χ0n) is 20.5. The molecular formula is C32H31N. The first kappa shape index (κ1) is 20.4. The predicted octanol–water partition coefficient (Wildman–Crippen LogP) is 8.02. The highest BCUT2D eigenvalue weighted by molar-refractivity contribution is 5.94. The third-order valence-corrected chi connectivity index (χ3v) is 7.67. The minimum atomic E-state index is -0.326. The molecule has 6 rings (SSSR count). The molecule has 0 atom stereocenters. The van der Waals surface area contributed by atoms with Crippen LogP contribution in [0.25, 0.3) is 22.4 Å². The van der Waals surface area contributed by atoms with E-state index in [2.05, 4.69) is 114 Å². The van der Waals surface area contributed by atoms with Gasteiger partial charge in [-0.15, -0.1) is 0 Å². The van der Waals surface area contributed by atoms with Crippen molar-refractivity contribution in [2.45, 2.75) is 57.8 Å². The van der Waals surface area contributed by atoms with Gasteiger partial charge in [-0.1, -0.05) is 108 Å². The Hall–Kier alpha value is -3.19. The molecule has 0 fully saturated rings. The Morgan fingerprint density at radius 1 is 0.545 bits per heavy atom. The van der Waals surface area contributed by atoms with Crippen LogP contribution in [0.15, 0.2) is 79.0 Å². The van der Waals surface area contributed by atoms with Gasteiger partial charge in [0.2, 0.25) is 0 Å². The van der Waals surface area contributed by atoms with E-state index in [9.17, 15) is 0 Å². The quantitative estimate of drug-likeness (QED) is 0.238. The van der Waals surface area contributed by atoms with Crippen molar-refractivity contribution in [3.05, 3.63) is 112 Å². The molecule has 0 bridgehead atoms. The molecule has 1 spiro atoms. The highest BCUT2D eigenvalue weighted by Crippen LogP contribution is 2.62. The number of rotatable bonds is 0. The lowest BCUT2D eigenvalue weighted by atomic mass is 9.69. The summed E-state index contributed by atoms with van der Waals surface area (Å²) in [5.74, 6) is 0. The normalized spacial score (nSPS) is 15.2. The molecule has 2 aliphatic rings. The zero-order valence-corrected chi connectivity index (χ0v) is 20.5. The predicted molar refractivity (Wildman–Crippen MR) is 138 cm³/mol. The summed E-state index contributed by atoms with van der Waals surface area (Å²) < 4.78 is 0. The Labute approximate surface area is 197 Å². The molecule has 33 heavy (non-hydrogen) atoms. The molecule has 1 aromatic heterocycles. The fourth-order valence-electron chi connectivity index (χ4n) is 5.92. The maximum atomic E-state index is 4.91. The second kappa shape index (κ2) is 6.44. The minimum absolute atomic E-state index is 0.0808. The maximum Gasteiger partial charge on any atom is 0.0753 e. The van der Waals surface area contributed by atoms with Gasteiger partial charge in [-0.05, 0) is 61.4 Å². The lowest BCUT2D eigenvalue weighted by molar-refractivity contribution is 0.586. The van der Waals surface area contributed by atoms with Crippen LogP contribution in [0, 0.1) is 0 Å². The van der Waals surface area contributed by atoms with Gasteiger partial charge in [0.05, 0.1) is 11.1 Å². The fourth-order valence-corrected chi connectivity index (χ4v) is 5.92. The topological polar surface area (TPSA) is 12.9 Å². The van der Waals surface area contributed by atoms with Gasteiger partial charge in [-0.2, -0.15) is 0 Å². The highest BCUT2D eigenvalue weighted by atomic mass is 14.7. The van der Waals surface area contributed by atoms with Gasteiger partial charge in [-0.25, -0.2) is 0 Å². The van der Waals surface area contributed by atoms with E-state index in [1.54, 1.807) is 0 Å². The van der Waals surface area contributed by atoms with Crippen molar-refractivity contribution in [1.29, 1.82) is 0 Å². The van der Waals surface area contributed by atoms with Crippen molar-refractivity contribution < 1.29 is 0 Å². The van der Waals surface area contributed by atoms with E-state index in [4.69, 9.17) is 4.98 Å². The van der Waals surface area contributed by atoms with E-state index < -0.39 is 0 Å². The second-order valence-corrected chi connectivity index (χ2v) is 11.7. The summed E-state index contributed by atoms with van der Waals surface area (Å²) in [6, 6.07) is 27.6. The number of fused-ring (bicyclic) bond motifs is 10. The zero-order chi connectivity index (χ0) is 23.2. The van der Waals surface area contributed by atoms with Gasteiger partial charge >= 0.3 is 0 Å². The maximum absolute atomic E-state index is 4.91. The fraction of sp³-hybridized carbons (Fsp3) is 0.281. The Balaban J connectivity index is 1.80. The standard InChI is InChI=1S/C32H31N/c1-30(2,3)20-13-15-22-23-16-14-21(31(4,5)6)19-28(23)32(27(22)18-20)25-11-8-7-10-24(25)29-26(32)12-9-17-33-29/h7-19H,1-6H3. The molecule has 0 radical (unpaired) electrons. The molecule has 0 aliphatic heterocycles. The van der Waals surface area contributed by atoms with Crippen molar-refractivity contribution in [1.82, 2.24) is 4.98 Å². The molecule has 0 amide bonds. The monoisotopic (exact) mass is 429 g/mol. The summed E-state index contributed by atoms with van der Waals surface area (Å²) in [5.41, 5.74) is 13.1. The molecular weight excluding hydrogens is 398 g/mol. The highest BCUT2D eigenvalue weighted by Gasteiger charge is 2.52. The average Bonchev–Trinajstić information content (AvgIpc) is 3.24. The number of hydrogen-bond acceptors (Lipinski definition) is 1. The molecule has 164 valence electrons. The van der Waals surface area contributed by atoms with Crippen molar-refractivity contribution in [2.75, 3.05) is 0 Å². The van der Waals surface area contributed by atoms with E-state index in [0.29, 0.717) is 0 Å². The molecule has 0 saturated carbocycles. The van der Waals surface area contributed by atoms with Gasteiger partial charge in [0, 0.05) is 11.8 Å². The van der Waals surface area contributed by atoms with Gasteiger partial charge in [0.15, 0.2) is 0 Å². The van der Waals surface area contributed by atoms with Crippen LogP contribution >= 0.6 is 0 Å². The van der Waals surface area contributed by atoms with Crippen LogP contribution < -0.4 is 0 Å². The van der Waals surface area contributed by atoms with Crippen LogP contribution in [0.5, 0.6) is 0 Å². The average molecular weight is 430 g/mol. The molecule has 4 aromatic rings. The number of hydrogen-bond donors (Lipinski definition) is 0.